The van der Waals surface area contributed by atoms with Gasteiger partial charge in [-0.2, -0.15) is 13.2 Å². The van der Waals surface area contributed by atoms with E-state index >= 15 is 0 Å². The van der Waals surface area contributed by atoms with Crippen molar-refractivity contribution >= 4 is 24.0 Å². The predicted molar refractivity (Wildman–Crippen MR) is 101 cm³/mol. The number of nitrogens with one attached hydrogen (secondary N) is 1. The van der Waals surface area contributed by atoms with Crippen LogP contribution in [0.1, 0.15) is 24.1 Å². The summed E-state index contributed by atoms with van der Waals surface area (Å²) in [6.45, 7) is 1.90. The molecule has 0 saturated heterocycles. The van der Waals surface area contributed by atoms with Crippen molar-refractivity contribution < 1.29 is 22.7 Å². The van der Waals surface area contributed by atoms with Gasteiger partial charge in [0.05, 0.1) is 5.92 Å². The summed E-state index contributed by atoms with van der Waals surface area (Å²) in [6.07, 6.45) is -4.43. The van der Waals surface area contributed by atoms with Gasteiger partial charge < -0.3 is 15.8 Å². The third-order valence-electron chi connectivity index (χ3n) is 4.07. The van der Waals surface area contributed by atoms with Gasteiger partial charge in [-0.25, -0.2) is 0 Å². The minimum absolute atomic E-state index is 0. The molecule has 2 unspecified atom stereocenters. The van der Waals surface area contributed by atoms with Crippen LogP contribution in [0.15, 0.2) is 48.5 Å². The highest BCUT2D eigenvalue weighted by Gasteiger charge is 2.29. The summed E-state index contributed by atoms with van der Waals surface area (Å²) in [5.74, 6) is -0.783. The molecule has 0 bridgehead atoms. The molecule has 3 N–H and O–H groups in total. The number of carbonyl (C=O) groups is 1. The molecule has 0 radical (unpaired) electrons. The zero-order valence-corrected chi connectivity index (χ0v) is 15.7. The number of hydrogen-bond donors (Lipinski definition) is 2. The number of nitrogens with two attached hydrogens (primary N) is 1. The molecule has 1 amide bonds. The second-order valence-electron chi connectivity index (χ2n) is 6.05. The van der Waals surface area contributed by atoms with Crippen molar-refractivity contribution in [2.75, 3.05) is 11.9 Å². The molecule has 4 nitrogen and oxygen atoms in total. The largest absolute Gasteiger partial charge is 0.484 e. The van der Waals surface area contributed by atoms with Crippen LogP contribution in [0.3, 0.4) is 0 Å². The quantitative estimate of drug-likeness (QED) is 0.740. The number of anilines is 1. The fourth-order valence-electron chi connectivity index (χ4n) is 2.44. The normalized spacial score (nSPS) is 13.3. The van der Waals surface area contributed by atoms with Gasteiger partial charge in [-0.05, 0) is 24.6 Å². The topological polar surface area (TPSA) is 64.4 Å². The Balaban J connectivity index is 0.00000364. The summed E-state index contributed by atoms with van der Waals surface area (Å²) in [6, 6.07) is 13.3. The Bertz CT molecular complexity index is 754. The van der Waals surface area contributed by atoms with E-state index in [1.54, 1.807) is 19.9 Å². The molecular weight excluding hydrogens is 381 g/mol. The minimum Gasteiger partial charge on any atom is -0.484 e. The molecule has 0 aliphatic heterocycles. The molecule has 0 saturated carbocycles. The lowest BCUT2D eigenvalue weighted by Gasteiger charge is -2.21. The van der Waals surface area contributed by atoms with E-state index in [2.05, 4.69) is 5.32 Å². The second-order valence-corrected chi connectivity index (χ2v) is 6.05. The van der Waals surface area contributed by atoms with Crippen LogP contribution < -0.4 is 15.8 Å². The van der Waals surface area contributed by atoms with E-state index in [0.29, 0.717) is 11.3 Å². The predicted octanol–water partition coefficient (Wildman–Crippen LogP) is 4.63. The second kappa shape index (κ2) is 9.62. The van der Waals surface area contributed by atoms with Crippen molar-refractivity contribution in [2.45, 2.75) is 26.1 Å². The molecule has 8 heteroatoms. The Labute approximate surface area is 162 Å². The van der Waals surface area contributed by atoms with Crippen molar-refractivity contribution in [3.05, 3.63) is 59.7 Å². The lowest BCUT2D eigenvalue weighted by atomic mass is 9.94. The summed E-state index contributed by atoms with van der Waals surface area (Å²) >= 11 is 0. The number of halogens is 4. The number of rotatable bonds is 6. The smallest absolute Gasteiger partial charge is 0.422 e. The standard InChI is InChI=1S/C19H21F3N2O2.ClH/c1-12-15(9-6-10-16(12)26-11-19(20,21)22)24-18(25)13(2)17(23)14-7-4-3-5-8-14;/h3-10,13,17H,11,23H2,1-2H3,(H,24,25);1H. The molecule has 2 aromatic carbocycles. The molecule has 148 valence electrons. The summed E-state index contributed by atoms with van der Waals surface area (Å²) in [4.78, 5) is 12.5. The SMILES string of the molecule is Cc1c(NC(=O)C(C)C(N)c2ccccc2)cccc1OCC(F)(F)F.Cl. The van der Waals surface area contributed by atoms with Gasteiger partial charge in [0.1, 0.15) is 5.75 Å². The Kier molecular flexibility index (Phi) is 8.12. The molecule has 0 heterocycles. The van der Waals surface area contributed by atoms with Gasteiger partial charge in [0, 0.05) is 17.3 Å². The van der Waals surface area contributed by atoms with Gasteiger partial charge in [0.15, 0.2) is 6.61 Å². The van der Waals surface area contributed by atoms with Crippen molar-refractivity contribution in [3.63, 3.8) is 0 Å². The Morgan fingerprint density at radius 1 is 1.15 bits per heavy atom. The molecule has 0 aromatic heterocycles. The van der Waals surface area contributed by atoms with Crippen LogP contribution in [0, 0.1) is 12.8 Å². The van der Waals surface area contributed by atoms with Gasteiger partial charge in [-0.3, -0.25) is 4.79 Å². The number of amides is 1. The highest BCUT2D eigenvalue weighted by atomic mass is 35.5. The van der Waals surface area contributed by atoms with Gasteiger partial charge in [-0.1, -0.05) is 43.3 Å². The maximum absolute atomic E-state index is 12.5. The Morgan fingerprint density at radius 2 is 1.78 bits per heavy atom. The fourth-order valence-corrected chi connectivity index (χ4v) is 2.44. The highest BCUT2D eigenvalue weighted by molar-refractivity contribution is 5.93. The maximum atomic E-state index is 12.5. The first-order valence-corrected chi connectivity index (χ1v) is 8.09. The fraction of sp³-hybridized carbons (Fsp3) is 0.316. The molecule has 2 rings (SSSR count). The zero-order valence-electron chi connectivity index (χ0n) is 14.9. The van der Waals surface area contributed by atoms with Crippen molar-refractivity contribution in [1.82, 2.24) is 0 Å². The number of benzene rings is 2. The van der Waals surface area contributed by atoms with Crippen LogP contribution in [0.5, 0.6) is 5.75 Å². The number of carbonyl (C=O) groups excluding carboxylic acids is 1. The summed E-state index contributed by atoms with van der Waals surface area (Å²) in [5, 5.41) is 2.72. The monoisotopic (exact) mass is 402 g/mol. The van der Waals surface area contributed by atoms with Crippen LogP contribution in [0.4, 0.5) is 18.9 Å². The third-order valence-corrected chi connectivity index (χ3v) is 4.07. The summed E-state index contributed by atoms with van der Waals surface area (Å²) < 4.78 is 41.8. The maximum Gasteiger partial charge on any atom is 0.422 e. The summed E-state index contributed by atoms with van der Waals surface area (Å²) in [7, 11) is 0. The van der Waals surface area contributed by atoms with Crippen LogP contribution in [0.2, 0.25) is 0 Å². The van der Waals surface area contributed by atoms with Gasteiger partial charge in [-0.15, -0.1) is 12.4 Å². The zero-order chi connectivity index (χ0) is 19.3. The van der Waals surface area contributed by atoms with Gasteiger partial charge >= 0.3 is 6.18 Å². The van der Waals surface area contributed by atoms with E-state index < -0.39 is 24.7 Å². The third kappa shape index (κ3) is 6.45. The molecule has 27 heavy (non-hydrogen) atoms. The van der Waals surface area contributed by atoms with E-state index in [0.717, 1.165) is 5.56 Å². The first kappa shape index (κ1) is 22.8. The van der Waals surface area contributed by atoms with E-state index in [9.17, 15) is 18.0 Å². The highest BCUT2D eigenvalue weighted by Crippen LogP contribution is 2.28. The molecular formula is C19H22ClF3N2O2. The number of alkyl halides is 3. The van der Waals surface area contributed by atoms with Crippen molar-refractivity contribution in [2.24, 2.45) is 11.7 Å². The van der Waals surface area contributed by atoms with E-state index in [1.807, 2.05) is 30.3 Å². The molecule has 0 aliphatic carbocycles. The average Bonchev–Trinajstić information content (AvgIpc) is 2.61. The number of ether oxygens (including phenoxy) is 1. The first-order valence-electron chi connectivity index (χ1n) is 8.09. The van der Waals surface area contributed by atoms with E-state index in [4.69, 9.17) is 10.5 Å². The summed E-state index contributed by atoms with van der Waals surface area (Å²) in [5.41, 5.74) is 7.79. The van der Waals surface area contributed by atoms with Gasteiger partial charge in [0.2, 0.25) is 5.91 Å². The van der Waals surface area contributed by atoms with Crippen LogP contribution in [-0.2, 0) is 4.79 Å². The minimum atomic E-state index is -4.43. The van der Waals surface area contributed by atoms with Crippen LogP contribution in [-0.4, -0.2) is 18.7 Å². The molecule has 2 atom stereocenters. The average molecular weight is 403 g/mol. The lowest BCUT2D eigenvalue weighted by molar-refractivity contribution is -0.153. The van der Waals surface area contributed by atoms with E-state index in [1.165, 1.54) is 12.1 Å². The lowest BCUT2D eigenvalue weighted by Crippen LogP contribution is -2.30. The Hall–Kier alpha value is -2.25. The molecule has 0 fully saturated rings. The van der Waals surface area contributed by atoms with Crippen molar-refractivity contribution in [3.8, 4) is 5.75 Å². The Morgan fingerprint density at radius 3 is 2.37 bits per heavy atom. The van der Waals surface area contributed by atoms with Crippen LogP contribution >= 0.6 is 12.4 Å². The van der Waals surface area contributed by atoms with Crippen molar-refractivity contribution in [1.29, 1.82) is 0 Å². The van der Waals surface area contributed by atoms with Crippen LogP contribution in [0.25, 0.3) is 0 Å². The molecule has 2 aromatic rings. The molecule has 0 aliphatic rings. The van der Waals surface area contributed by atoms with Gasteiger partial charge in [0.25, 0.3) is 0 Å². The van der Waals surface area contributed by atoms with E-state index in [-0.39, 0.29) is 24.1 Å². The number of hydrogen-bond acceptors (Lipinski definition) is 3. The first-order chi connectivity index (χ1) is 12.2. The molecule has 0 spiro atoms.